The molecule has 3 aromatic carbocycles. The number of ether oxygens (including phenoxy) is 1. The molecule has 0 spiro atoms. The number of nitrogens with zero attached hydrogens (tertiary/aromatic N) is 1. The summed E-state index contributed by atoms with van der Waals surface area (Å²) in [6.45, 7) is 5.91. The lowest BCUT2D eigenvalue weighted by atomic mass is 10.1. The summed E-state index contributed by atoms with van der Waals surface area (Å²) in [6, 6.07) is 19.4. The third kappa shape index (κ3) is 7.23. The van der Waals surface area contributed by atoms with E-state index in [9.17, 15) is 13.2 Å². The first-order valence-corrected chi connectivity index (χ1v) is 13.4. The zero-order valence-corrected chi connectivity index (χ0v) is 21.8. The monoisotopic (exact) mass is 514 g/mol. The highest BCUT2D eigenvalue weighted by Gasteiger charge is 2.28. The van der Waals surface area contributed by atoms with Gasteiger partial charge in [-0.25, -0.2) is 8.42 Å². The van der Waals surface area contributed by atoms with Crippen LogP contribution in [0.4, 0.5) is 5.69 Å². The van der Waals surface area contributed by atoms with Gasteiger partial charge in [-0.3, -0.25) is 9.10 Å². The molecule has 0 heterocycles. The van der Waals surface area contributed by atoms with E-state index in [-0.39, 0.29) is 24.6 Å². The van der Waals surface area contributed by atoms with E-state index in [0.29, 0.717) is 16.3 Å². The van der Waals surface area contributed by atoms with E-state index < -0.39 is 15.9 Å². The van der Waals surface area contributed by atoms with Crippen molar-refractivity contribution in [3.63, 3.8) is 0 Å². The summed E-state index contributed by atoms with van der Waals surface area (Å²) in [6.07, 6.45) is 2.10. The van der Waals surface area contributed by atoms with Crippen LogP contribution in [0, 0.1) is 13.8 Å². The van der Waals surface area contributed by atoms with Gasteiger partial charge >= 0.3 is 0 Å². The Morgan fingerprint density at radius 1 is 1.00 bits per heavy atom. The van der Waals surface area contributed by atoms with Crippen LogP contribution in [0.5, 0.6) is 5.75 Å². The molecule has 0 bridgehead atoms. The second-order valence-electron chi connectivity index (χ2n) is 8.35. The maximum absolute atomic E-state index is 13.5. The summed E-state index contributed by atoms with van der Waals surface area (Å²) < 4.78 is 33.8. The third-order valence-electron chi connectivity index (χ3n) is 5.49. The quantitative estimate of drug-likeness (QED) is 0.352. The van der Waals surface area contributed by atoms with Crippen molar-refractivity contribution in [1.29, 1.82) is 0 Å². The maximum atomic E-state index is 13.5. The van der Waals surface area contributed by atoms with Gasteiger partial charge in [0.2, 0.25) is 5.91 Å². The lowest BCUT2D eigenvalue weighted by Gasteiger charge is -2.26. The molecule has 8 heteroatoms. The van der Waals surface area contributed by atoms with Gasteiger partial charge in [-0.15, -0.1) is 0 Å². The number of hydrogen-bond acceptors (Lipinski definition) is 4. The Kier molecular flexibility index (Phi) is 9.18. The van der Waals surface area contributed by atoms with Gasteiger partial charge in [0.15, 0.2) is 0 Å². The number of nitrogens with one attached hydrogen (secondary N) is 1. The van der Waals surface area contributed by atoms with E-state index in [2.05, 4.69) is 12.2 Å². The van der Waals surface area contributed by atoms with E-state index in [1.165, 1.54) is 17.7 Å². The standard InChI is InChI=1S/C27H31ClN2O4S/c1-4-5-22-9-12-24(13-10-22)34-17-16-29-27(31)19-30(26-18-23(28)11-8-21(26)3)35(32,33)25-14-6-20(2)7-15-25/h6-15,18H,4-5,16-17,19H2,1-3H3,(H,29,31). The Hall–Kier alpha value is -3.03. The van der Waals surface area contributed by atoms with Gasteiger partial charge in [-0.05, 0) is 67.8 Å². The summed E-state index contributed by atoms with van der Waals surface area (Å²) in [4.78, 5) is 12.9. The number of rotatable bonds is 11. The number of aryl methyl sites for hydroxylation is 3. The number of hydrogen-bond donors (Lipinski definition) is 1. The van der Waals surface area contributed by atoms with Gasteiger partial charge in [-0.1, -0.05) is 60.8 Å². The SMILES string of the molecule is CCCc1ccc(OCCNC(=O)CN(c2cc(Cl)ccc2C)S(=O)(=O)c2ccc(C)cc2)cc1. The summed E-state index contributed by atoms with van der Waals surface area (Å²) in [5.41, 5.74) is 3.23. The second-order valence-corrected chi connectivity index (χ2v) is 10.6. The van der Waals surface area contributed by atoms with Crippen LogP contribution in [-0.4, -0.2) is 34.0 Å². The van der Waals surface area contributed by atoms with Crippen molar-refractivity contribution >= 4 is 33.2 Å². The van der Waals surface area contributed by atoms with E-state index in [4.69, 9.17) is 16.3 Å². The minimum Gasteiger partial charge on any atom is -0.492 e. The highest BCUT2D eigenvalue weighted by atomic mass is 35.5. The number of anilines is 1. The maximum Gasteiger partial charge on any atom is 0.264 e. The van der Waals surface area contributed by atoms with E-state index in [0.717, 1.165) is 28.5 Å². The summed E-state index contributed by atoms with van der Waals surface area (Å²) >= 11 is 6.16. The Bertz CT molecular complexity index is 1240. The summed E-state index contributed by atoms with van der Waals surface area (Å²) in [5.74, 6) is 0.277. The predicted octanol–water partition coefficient (Wildman–Crippen LogP) is 5.30. The van der Waals surface area contributed by atoms with E-state index >= 15 is 0 Å². The Morgan fingerprint density at radius 2 is 1.69 bits per heavy atom. The van der Waals surface area contributed by atoms with Crippen molar-refractivity contribution in [3.05, 3.63) is 88.4 Å². The molecule has 0 fully saturated rings. The average Bonchev–Trinajstić information content (AvgIpc) is 2.83. The van der Waals surface area contributed by atoms with Crippen molar-refractivity contribution in [2.75, 3.05) is 24.0 Å². The third-order valence-corrected chi connectivity index (χ3v) is 7.50. The normalized spacial score (nSPS) is 11.2. The van der Waals surface area contributed by atoms with Crippen LogP contribution in [0.2, 0.25) is 5.02 Å². The molecule has 0 saturated heterocycles. The molecule has 0 aliphatic carbocycles. The zero-order chi connectivity index (χ0) is 25.4. The number of carbonyl (C=O) groups excluding carboxylic acids is 1. The lowest BCUT2D eigenvalue weighted by molar-refractivity contribution is -0.119. The number of amides is 1. The molecule has 0 unspecified atom stereocenters. The summed E-state index contributed by atoms with van der Waals surface area (Å²) in [5, 5.41) is 3.13. The lowest BCUT2D eigenvalue weighted by Crippen LogP contribution is -2.42. The fraction of sp³-hybridized carbons (Fsp3) is 0.296. The van der Waals surface area contributed by atoms with Crippen molar-refractivity contribution in [2.24, 2.45) is 0 Å². The number of halogens is 1. The topological polar surface area (TPSA) is 75.7 Å². The minimum absolute atomic E-state index is 0.102. The molecule has 6 nitrogen and oxygen atoms in total. The smallest absolute Gasteiger partial charge is 0.264 e. The number of benzene rings is 3. The van der Waals surface area contributed by atoms with Crippen LogP contribution in [0.1, 0.15) is 30.0 Å². The van der Waals surface area contributed by atoms with Crippen molar-refractivity contribution < 1.29 is 17.9 Å². The Morgan fingerprint density at radius 3 is 2.34 bits per heavy atom. The van der Waals surface area contributed by atoms with Crippen LogP contribution in [0.25, 0.3) is 0 Å². The Labute approximate surface area is 212 Å². The first-order chi connectivity index (χ1) is 16.7. The molecule has 186 valence electrons. The van der Waals surface area contributed by atoms with Gasteiger partial charge in [0.1, 0.15) is 18.9 Å². The molecule has 35 heavy (non-hydrogen) atoms. The van der Waals surface area contributed by atoms with Gasteiger partial charge in [0.05, 0.1) is 17.1 Å². The minimum atomic E-state index is -4.01. The van der Waals surface area contributed by atoms with Crippen LogP contribution >= 0.6 is 11.6 Å². The van der Waals surface area contributed by atoms with Crippen molar-refractivity contribution in [3.8, 4) is 5.75 Å². The first-order valence-electron chi connectivity index (χ1n) is 11.5. The molecule has 1 amide bonds. The van der Waals surface area contributed by atoms with Gasteiger partial charge in [0.25, 0.3) is 10.0 Å². The molecule has 3 rings (SSSR count). The average molecular weight is 515 g/mol. The molecular weight excluding hydrogens is 484 g/mol. The van der Waals surface area contributed by atoms with Crippen LogP contribution in [0.3, 0.4) is 0 Å². The largest absolute Gasteiger partial charge is 0.492 e. The zero-order valence-electron chi connectivity index (χ0n) is 20.3. The molecule has 0 aromatic heterocycles. The van der Waals surface area contributed by atoms with Crippen molar-refractivity contribution in [1.82, 2.24) is 5.32 Å². The number of sulfonamides is 1. The predicted molar refractivity (Wildman–Crippen MR) is 141 cm³/mol. The van der Waals surface area contributed by atoms with Gasteiger partial charge in [0, 0.05) is 5.02 Å². The molecule has 0 saturated carbocycles. The molecule has 3 aromatic rings. The first kappa shape index (κ1) is 26.6. The molecule has 0 aliphatic rings. The van der Waals surface area contributed by atoms with Gasteiger partial charge < -0.3 is 10.1 Å². The summed E-state index contributed by atoms with van der Waals surface area (Å²) in [7, 11) is -4.01. The molecule has 0 aliphatic heterocycles. The van der Waals surface area contributed by atoms with E-state index in [1.54, 1.807) is 37.3 Å². The number of carbonyl (C=O) groups is 1. The van der Waals surface area contributed by atoms with Gasteiger partial charge in [-0.2, -0.15) is 0 Å². The fourth-order valence-electron chi connectivity index (χ4n) is 3.58. The molecule has 0 radical (unpaired) electrons. The second kappa shape index (κ2) is 12.1. The molecule has 1 N–H and O–H groups in total. The molecule has 0 atom stereocenters. The highest BCUT2D eigenvalue weighted by Crippen LogP contribution is 2.29. The van der Waals surface area contributed by atoms with Crippen LogP contribution < -0.4 is 14.4 Å². The van der Waals surface area contributed by atoms with Crippen LogP contribution in [0.15, 0.2) is 71.6 Å². The van der Waals surface area contributed by atoms with Crippen molar-refractivity contribution in [2.45, 2.75) is 38.5 Å². The Balaban J connectivity index is 1.69. The molecular formula is C27H31ClN2O4S. The fourth-order valence-corrected chi connectivity index (χ4v) is 5.22. The van der Waals surface area contributed by atoms with E-state index in [1.807, 2.05) is 31.2 Å². The highest BCUT2D eigenvalue weighted by molar-refractivity contribution is 7.92. The van der Waals surface area contributed by atoms with Crippen LogP contribution in [-0.2, 0) is 21.2 Å².